The first-order valence-corrected chi connectivity index (χ1v) is 8.43. The molecule has 1 aromatic heterocycles. The molecule has 0 amide bonds. The van der Waals surface area contributed by atoms with Crippen molar-refractivity contribution in [1.29, 1.82) is 0 Å². The van der Waals surface area contributed by atoms with Gasteiger partial charge in [-0.2, -0.15) is 0 Å². The zero-order chi connectivity index (χ0) is 17.2. The third-order valence-electron chi connectivity index (χ3n) is 4.31. The van der Waals surface area contributed by atoms with E-state index < -0.39 is 0 Å². The fourth-order valence-corrected chi connectivity index (χ4v) is 2.97. The molecular weight excluding hydrogens is 352 g/mol. The first-order valence-electron chi connectivity index (χ1n) is 8.43. The van der Waals surface area contributed by atoms with Gasteiger partial charge in [0.15, 0.2) is 11.5 Å². The van der Waals surface area contributed by atoms with E-state index in [-0.39, 0.29) is 12.4 Å². The molecule has 0 saturated heterocycles. The summed E-state index contributed by atoms with van der Waals surface area (Å²) in [5, 5.41) is 3.47. The van der Waals surface area contributed by atoms with Gasteiger partial charge in [0.1, 0.15) is 0 Å². The summed E-state index contributed by atoms with van der Waals surface area (Å²) in [6.45, 7) is 2.82. The Bertz CT molecular complexity index is 894. The summed E-state index contributed by atoms with van der Waals surface area (Å²) in [4.78, 5) is 6.93. The Morgan fingerprint density at radius 1 is 1.12 bits per heavy atom. The van der Waals surface area contributed by atoms with Gasteiger partial charge in [0.25, 0.3) is 0 Å². The van der Waals surface area contributed by atoms with Crippen molar-refractivity contribution in [3.05, 3.63) is 48.0 Å². The average molecular weight is 375 g/mol. The van der Waals surface area contributed by atoms with Crippen LogP contribution in [0.15, 0.2) is 42.5 Å². The van der Waals surface area contributed by atoms with E-state index in [0.29, 0.717) is 13.3 Å². The predicted octanol–water partition coefficient (Wildman–Crippen LogP) is 3.36. The standard InChI is InChI=1S/C19H22N4O2.ClH/c1-22(2)9-10-23-16-6-4-3-5-15(16)21-19(23)20-12-14-7-8-17-18(11-14)25-13-24-17;/h3-8,11H,9-10,12-13H2,1-2H3,(H,20,21);1H. The van der Waals surface area contributed by atoms with Crippen LogP contribution in [0, 0.1) is 0 Å². The van der Waals surface area contributed by atoms with Crippen LogP contribution < -0.4 is 14.8 Å². The van der Waals surface area contributed by atoms with Crippen molar-refractivity contribution in [1.82, 2.24) is 14.5 Å². The highest BCUT2D eigenvalue weighted by atomic mass is 35.5. The van der Waals surface area contributed by atoms with E-state index in [1.807, 2.05) is 30.3 Å². The molecule has 3 aromatic rings. The average Bonchev–Trinajstić information content (AvgIpc) is 3.21. The molecule has 2 aromatic carbocycles. The lowest BCUT2D eigenvalue weighted by Crippen LogP contribution is -2.19. The molecule has 0 spiro atoms. The SMILES string of the molecule is CN(C)CCn1c(NCc2ccc3c(c2)OCO3)nc2ccccc21.Cl. The first-order chi connectivity index (χ1) is 12.2. The lowest BCUT2D eigenvalue weighted by molar-refractivity contribution is 0.174. The minimum atomic E-state index is 0. The molecule has 1 aliphatic heterocycles. The second kappa shape index (κ2) is 7.85. The van der Waals surface area contributed by atoms with E-state index in [1.165, 1.54) is 0 Å². The summed E-state index contributed by atoms with van der Waals surface area (Å²) >= 11 is 0. The Kier molecular flexibility index (Phi) is 5.54. The number of fused-ring (bicyclic) bond motifs is 2. The van der Waals surface area contributed by atoms with E-state index in [2.05, 4.69) is 41.0 Å². The topological polar surface area (TPSA) is 51.5 Å². The number of ether oxygens (including phenoxy) is 2. The molecule has 0 fully saturated rings. The molecule has 4 rings (SSSR count). The number of anilines is 1. The van der Waals surface area contributed by atoms with Crippen LogP contribution in [0.1, 0.15) is 5.56 Å². The Labute approximate surface area is 159 Å². The predicted molar refractivity (Wildman–Crippen MR) is 105 cm³/mol. The number of para-hydroxylation sites is 2. The molecule has 138 valence electrons. The van der Waals surface area contributed by atoms with E-state index in [0.717, 1.165) is 47.1 Å². The van der Waals surface area contributed by atoms with Crippen molar-refractivity contribution < 1.29 is 9.47 Å². The maximum absolute atomic E-state index is 5.45. The maximum Gasteiger partial charge on any atom is 0.231 e. The van der Waals surface area contributed by atoms with Gasteiger partial charge < -0.3 is 24.3 Å². The number of likely N-dealkylation sites (N-methyl/N-ethyl adjacent to an activating group) is 1. The highest BCUT2D eigenvalue weighted by molar-refractivity contribution is 5.85. The summed E-state index contributed by atoms with van der Waals surface area (Å²) < 4.78 is 13.1. The number of hydrogen-bond acceptors (Lipinski definition) is 5. The molecule has 0 unspecified atom stereocenters. The second-order valence-electron chi connectivity index (χ2n) is 6.42. The number of hydrogen-bond donors (Lipinski definition) is 1. The van der Waals surface area contributed by atoms with Crippen molar-refractivity contribution in [3.63, 3.8) is 0 Å². The number of aromatic nitrogens is 2. The number of imidazole rings is 1. The molecule has 0 radical (unpaired) electrons. The minimum absolute atomic E-state index is 0. The van der Waals surface area contributed by atoms with Crippen LogP contribution in [0.2, 0.25) is 0 Å². The molecule has 0 bridgehead atoms. The number of nitrogens with one attached hydrogen (secondary N) is 1. The molecule has 7 heteroatoms. The second-order valence-corrected chi connectivity index (χ2v) is 6.42. The van der Waals surface area contributed by atoms with Crippen molar-refractivity contribution >= 4 is 29.4 Å². The van der Waals surface area contributed by atoms with Crippen LogP contribution in [-0.2, 0) is 13.1 Å². The molecule has 1 aliphatic rings. The summed E-state index contributed by atoms with van der Waals surface area (Å²) in [7, 11) is 4.16. The molecule has 0 aliphatic carbocycles. The van der Waals surface area contributed by atoms with Gasteiger partial charge in [-0.1, -0.05) is 18.2 Å². The van der Waals surface area contributed by atoms with Gasteiger partial charge in [0.05, 0.1) is 11.0 Å². The highest BCUT2D eigenvalue weighted by Crippen LogP contribution is 2.32. The fraction of sp³-hybridized carbons (Fsp3) is 0.316. The summed E-state index contributed by atoms with van der Waals surface area (Å²) in [6, 6.07) is 14.3. The Hall–Kier alpha value is -2.44. The number of halogens is 1. The van der Waals surface area contributed by atoms with Crippen molar-refractivity contribution in [3.8, 4) is 11.5 Å². The molecule has 2 heterocycles. The van der Waals surface area contributed by atoms with Gasteiger partial charge in [-0.3, -0.25) is 0 Å². The normalized spacial score (nSPS) is 12.4. The van der Waals surface area contributed by atoms with Crippen LogP contribution in [-0.4, -0.2) is 41.9 Å². The lowest BCUT2D eigenvalue weighted by atomic mass is 10.2. The molecule has 1 N–H and O–H groups in total. The monoisotopic (exact) mass is 374 g/mol. The van der Waals surface area contributed by atoms with E-state index in [9.17, 15) is 0 Å². The Morgan fingerprint density at radius 3 is 2.77 bits per heavy atom. The van der Waals surface area contributed by atoms with Gasteiger partial charge in [-0.15, -0.1) is 12.4 Å². The van der Waals surface area contributed by atoms with Crippen LogP contribution in [0.4, 0.5) is 5.95 Å². The quantitative estimate of drug-likeness (QED) is 0.717. The third-order valence-corrected chi connectivity index (χ3v) is 4.31. The van der Waals surface area contributed by atoms with Crippen LogP contribution in [0.5, 0.6) is 11.5 Å². The molecule has 0 saturated carbocycles. The summed E-state index contributed by atoms with van der Waals surface area (Å²) in [5.74, 6) is 2.50. The van der Waals surface area contributed by atoms with Crippen molar-refractivity contribution in [2.45, 2.75) is 13.1 Å². The van der Waals surface area contributed by atoms with E-state index >= 15 is 0 Å². The third kappa shape index (κ3) is 3.71. The smallest absolute Gasteiger partial charge is 0.231 e. The fourth-order valence-electron chi connectivity index (χ4n) is 2.97. The lowest BCUT2D eigenvalue weighted by Gasteiger charge is -2.14. The maximum atomic E-state index is 5.45. The molecule has 6 nitrogen and oxygen atoms in total. The van der Waals surface area contributed by atoms with Gasteiger partial charge in [0.2, 0.25) is 12.7 Å². The van der Waals surface area contributed by atoms with E-state index in [1.54, 1.807) is 0 Å². The van der Waals surface area contributed by atoms with Gasteiger partial charge >= 0.3 is 0 Å². The van der Waals surface area contributed by atoms with Crippen LogP contribution in [0.3, 0.4) is 0 Å². The van der Waals surface area contributed by atoms with Gasteiger partial charge in [-0.05, 0) is 43.9 Å². The number of nitrogens with zero attached hydrogens (tertiary/aromatic N) is 3. The van der Waals surface area contributed by atoms with Crippen LogP contribution in [0.25, 0.3) is 11.0 Å². The highest BCUT2D eigenvalue weighted by Gasteiger charge is 2.14. The molecule has 26 heavy (non-hydrogen) atoms. The number of benzene rings is 2. The first kappa shape index (κ1) is 18.4. The van der Waals surface area contributed by atoms with Gasteiger partial charge in [-0.25, -0.2) is 4.98 Å². The number of rotatable bonds is 6. The Morgan fingerprint density at radius 2 is 1.92 bits per heavy atom. The zero-order valence-corrected chi connectivity index (χ0v) is 15.8. The zero-order valence-electron chi connectivity index (χ0n) is 14.9. The van der Waals surface area contributed by atoms with E-state index in [4.69, 9.17) is 14.5 Å². The summed E-state index contributed by atoms with van der Waals surface area (Å²) in [6.07, 6.45) is 0. The van der Waals surface area contributed by atoms with Crippen molar-refractivity contribution in [2.75, 3.05) is 32.7 Å². The minimum Gasteiger partial charge on any atom is -0.454 e. The van der Waals surface area contributed by atoms with Crippen LogP contribution >= 0.6 is 12.4 Å². The largest absolute Gasteiger partial charge is 0.454 e. The molecular formula is C19H23ClN4O2. The summed E-state index contributed by atoms with van der Waals surface area (Å²) in [5.41, 5.74) is 3.29. The van der Waals surface area contributed by atoms with Crippen molar-refractivity contribution in [2.24, 2.45) is 0 Å². The van der Waals surface area contributed by atoms with Gasteiger partial charge in [0, 0.05) is 19.6 Å². The molecule has 0 atom stereocenters. The Balaban J connectivity index is 0.00000196.